The first-order valence-corrected chi connectivity index (χ1v) is 11.0. The highest BCUT2D eigenvalue weighted by Gasteiger charge is 2.25. The van der Waals surface area contributed by atoms with Gasteiger partial charge < -0.3 is 21.3 Å². The van der Waals surface area contributed by atoms with Gasteiger partial charge in [0, 0.05) is 25.2 Å². The molecule has 33 heavy (non-hydrogen) atoms. The average Bonchev–Trinajstić information content (AvgIpc) is 3.18. The minimum atomic E-state index is -0.915. The molecule has 2 aromatic heterocycles. The van der Waals surface area contributed by atoms with E-state index in [2.05, 4.69) is 25.0 Å². The van der Waals surface area contributed by atoms with Crippen LogP contribution >= 0.6 is 11.5 Å². The van der Waals surface area contributed by atoms with Gasteiger partial charge in [-0.15, -0.1) is 0 Å². The molecule has 1 unspecified atom stereocenters. The summed E-state index contributed by atoms with van der Waals surface area (Å²) in [7, 11) is 0. The molecular formula is C21H21F2N7O2S. The smallest absolute Gasteiger partial charge is 0.271 e. The van der Waals surface area contributed by atoms with Crippen LogP contribution in [0.25, 0.3) is 0 Å². The molecule has 1 atom stereocenters. The van der Waals surface area contributed by atoms with Crippen molar-refractivity contribution in [2.75, 3.05) is 23.3 Å². The molecule has 4 N–H and O–H groups in total. The predicted octanol–water partition coefficient (Wildman–Crippen LogP) is 2.76. The van der Waals surface area contributed by atoms with Crippen LogP contribution in [0, 0.1) is 18.6 Å². The minimum absolute atomic E-state index is 0.00143. The van der Waals surface area contributed by atoms with E-state index in [-0.39, 0.29) is 23.1 Å². The second kappa shape index (κ2) is 9.45. The van der Waals surface area contributed by atoms with Crippen LogP contribution in [0.15, 0.2) is 30.5 Å². The van der Waals surface area contributed by atoms with E-state index in [1.54, 1.807) is 0 Å². The van der Waals surface area contributed by atoms with E-state index in [1.165, 1.54) is 17.7 Å². The highest BCUT2D eigenvalue weighted by Crippen LogP contribution is 2.25. The van der Waals surface area contributed by atoms with Crippen molar-refractivity contribution < 1.29 is 18.4 Å². The van der Waals surface area contributed by atoms with Gasteiger partial charge in [-0.25, -0.2) is 18.7 Å². The van der Waals surface area contributed by atoms with Crippen LogP contribution in [-0.2, 0) is 0 Å². The average molecular weight is 474 g/mol. The number of hydrogen-bond acceptors (Lipinski definition) is 8. The topological polar surface area (TPSA) is 126 Å². The number of carbonyl (C=O) groups excluding carboxylic acids is 2. The zero-order valence-corrected chi connectivity index (χ0v) is 18.5. The molecule has 1 saturated heterocycles. The zero-order valence-electron chi connectivity index (χ0n) is 17.6. The van der Waals surface area contributed by atoms with Gasteiger partial charge in [0.2, 0.25) is 0 Å². The van der Waals surface area contributed by atoms with Gasteiger partial charge in [0.05, 0.1) is 17.5 Å². The first-order valence-electron chi connectivity index (χ1n) is 10.2. The molecule has 9 nitrogen and oxygen atoms in total. The number of piperidine rings is 1. The maximum atomic E-state index is 13.9. The van der Waals surface area contributed by atoms with E-state index in [0.717, 1.165) is 24.2 Å². The summed E-state index contributed by atoms with van der Waals surface area (Å²) in [6, 6.07) is 4.37. The Balaban J connectivity index is 1.50. The molecule has 4 rings (SSSR count). The van der Waals surface area contributed by atoms with Crippen molar-refractivity contribution in [2.24, 2.45) is 5.73 Å². The number of nitrogens with zero attached hydrogens (tertiary/aromatic N) is 4. The lowest BCUT2D eigenvalue weighted by atomic mass is 10.0. The van der Waals surface area contributed by atoms with Crippen molar-refractivity contribution in [1.82, 2.24) is 19.7 Å². The Morgan fingerprint density at radius 3 is 2.79 bits per heavy atom. The zero-order chi connectivity index (χ0) is 23.5. The van der Waals surface area contributed by atoms with E-state index < -0.39 is 23.4 Å². The third kappa shape index (κ3) is 5.22. The lowest BCUT2D eigenvalue weighted by Gasteiger charge is -2.34. The molecule has 1 fully saturated rings. The third-order valence-corrected chi connectivity index (χ3v) is 5.91. The fraction of sp³-hybridized carbons (Fsp3) is 0.286. The van der Waals surface area contributed by atoms with Gasteiger partial charge in [-0.3, -0.25) is 9.59 Å². The third-order valence-electron chi connectivity index (χ3n) is 5.12. The second-order valence-corrected chi connectivity index (χ2v) is 8.43. The summed E-state index contributed by atoms with van der Waals surface area (Å²) in [6.45, 7) is 2.90. The van der Waals surface area contributed by atoms with Crippen LogP contribution in [0.4, 0.5) is 25.4 Å². The first kappa shape index (κ1) is 22.5. The van der Waals surface area contributed by atoms with Crippen LogP contribution in [0.5, 0.6) is 0 Å². The van der Waals surface area contributed by atoms with Crippen molar-refractivity contribution in [1.29, 1.82) is 0 Å². The van der Waals surface area contributed by atoms with Crippen molar-refractivity contribution >= 4 is 40.0 Å². The number of primary amides is 1. The largest absolute Gasteiger partial charge is 0.364 e. The minimum Gasteiger partial charge on any atom is -0.364 e. The molecule has 1 aliphatic heterocycles. The molecule has 0 radical (unpaired) electrons. The summed E-state index contributed by atoms with van der Waals surface area (Å²) >= 11 is 1.22. The number of aromatic nitrogens is 3. The quantitative estimate of drug-likeness (QED) is 0.503. The Morgan fingerprint density at radius 1 is 1.27 bits per heavy atom. The van der Waals surface area contributed by atoms with Crippen molar-refractivity contribution in [3.8, 4) is 0 Å². The van der Waals surface area contributed by atoms with E-state index in [1.807, 2.05) is 17.9 Å². The molecule has 0 spiro atoms. The van der Waals surface area contributed by atoms with E-state index in [0.29, 0.717) is 36.4 Å². The lowest BCUT2D eigenvalue weighted by molar-refractivity contribution is 0.0927. The number of nitrogens with two attached hydrogens (primary N) is 1. The summed E-state index contributed by atoms with van der Waals surface area (Å²) < 4.78 is 31.3. The lowest BCUT2D eigenvalue weighted by Crippen LogP contribution is -2.48. The molecule has 3 aromatic rings. The monoisotopic (exact) mass is 473 g/mol. The van der Waals surface area contributed by atoms with Gasteiger partial charge in [0.1, 0.15) is 22.5 Å². The van der Waals surface area contributed by atoms with Gasteiger partial charge in [-0.2, -0.15) is 4.37 Å². The van der Waals surface area contributed by atoms with Gasteiger partial charge in [0.15, 0.2) is 11.5 Å². The highest BCUT2D eigenvalue weighted by molar-refractivity contribution is 7.10. The fourth-order valence-corrected chi connectivity index (χ4v) is 4.24. The van der Waals surface area contributed by atoms with E-state index in [4.69, 9.17) is 5.73 Å². The van der Waals surface area contributed by atoms with Gasteiger partial charge in [-0.1, -0.05) is 0 Å². The molecule has 0 saturated carbocycles. The Hall–Kier alpha value is -3.67. The summed E-state index contributed by atoms with van der Waals surface area (Å²) in [5.74, 6) is -2.29. The Labute approximate surface area is 192 Å². The maximum absolute atomic E-state index is 13.9. The molecule has 2 amide bonds. The van der Waals surface area contributed by atoms with Crippen molar-refractivity contribution in [2.45, 2.75) is 25.8 Å². The van der Waals surface area contributed by atoms with Gasteiger partial charge in [0.25, 0.3) is 11.8 Å². The molecule has 1 aliphatic rings. The van der Waals surface area contributed by atoms with Crippen LogP contribution in [-0.4, -0.2) is 45.3 Å². The Bertz CT molecular complexity index is 1200. The number of rotatable bonds is 6. The summed E-state index contributed by atoms with van der Waals surface area (Å²) in [5, 5.41) is 6.52. The number of nitrogens with one attached hydrogen (secondary N) is 2. The summed E-state index contributed by atoms with van der Waals surface area (Å²) in [4.78, 5) is 34.9. The predicted molar refractivity (Wildman–Crippen MR) is 120 cm³/mol. The molecule has 0 aliphatic carbocycles. The maximum Gasteiger partial charge on any atom is 0.271 e. The molecule has 3 heterocycles. The second-order valence-electron chi connectivity index (χ2n) is 7.63. The van der Waals surface area contributed by atoms with Crippen LogP contribution in [0.2, 0.25) is 0 Å². The number of carbonyl (C=O) groups is 2. The van der Waals surface area contributed by atoms with Gasteiger partial charge in [-0.05, 0) is 49.5 Å². The normalized spacial score (nSPS) is 15.8. The van der Waals surface area contributed by atoms with Crippen molar-refractivity contribution in [3.05, 3.63) is 59.0 Å². The first-order chi connectivity index (χ1) is 15.8. The summed E-state index contributed by atoms with van der Waals surface area (Å²) in [5.41, 5.74) is 6.05. The van der Waals surface area contributed by atoms with E-state index >= 15 is 0 Å². The van der Waals surface area contributed by atoms with E-state index in [9.17, 15) is 18.4 Å². The Kier molecular flexibility index (Phi) is 6.45. The molecule has 12 heteroatoms. The van der Waals surface area contributed by atoms with Crippen LogP contribution < -0.4 is 21.3 Å². The number of halogens is 2. The number of benzene rings is 1. The van der Waals surface area contributed by atoms with Gasteiger partial charge >= 0.3 is 0 Å². The number of hydrogen-bond donors (Lipinski definition) is 3. The number of anilines is 3. The van der Waals surface area contributed by atoms with Crippen LogP contribution in [0.1, 0.15) is 39.4 Å². The number of aryl methyl sites for hydroxylation is 1. The molecular weight excluding hydrogens is 452 g/mol. The fourth-order valence-electron chi connectivity index (χ4n) is 3.58. The highest BCUT2D eigenvalue weighted by atomic mass is 32.1. The molecule has 172 valence electrons. The van der Waals surface area contributed by atoms with Crippen molar-refractivity contribution in [3.63, 3.8) is 0 Å². The SMILES string of the molecule is Cc1cc(Nc2nc(N3CCCC(NC(=O)c4ccc(F)cc4F)C3)cnc2C(N)=O)sn1. The Morgan fingerprint density at radius 2 is 2.09 bits per heavy atom. The number of amides is 2. The standard InChI is InChI=1S/C21H21F2N7O2S/c1-11-7-17(33-29-11)28-20-18(19(24)31)25-9-16(27-20)30-6-2-3-13(10-30)26-21(32)14-5-4-12(22)8-15(14)23/h4-5,7-9,13H,2-3,6,10H2,1H3,(H2,24,31)(H,26,32)(H,27,28). The molecule has 1 aromatic carbocycles. The van der Waals surface area contributed by atoms with Crippen LogP contribution in [0.3, 0.4) is 0 Å². The summed E-state index contributed by atoms with van der Waals surface area (Å²) in [6.07, 6.45) is 2.88. The molecule has 0 bridgehead atoms.